The fraction of sp³-hybridized carbons (Fsp3) is 0.917. The lowest BCUT2D eigenvalue weighted by molar-refractivity contribution is -0.922. The van der Waals surface area contributed by atoms with Gasteiger partial charge < -0.3 is 24.0 Å². The highest BCUT2D eigenvalue weighted by molar-refractivity contribution is 5.67. The second kappa shape index (κ2) is 11.4. The van der Waals surface area contributed by atoms with Gasteiger partial charge in [-0.1, -0.05) is 39.3 Å². The second-order valence-corrected chi connectivity index (χ2v) is 16.0. The van der Waals surface area contributed by atoms with Gasteiger partial charge in [0.25, 0.3) is 0 Å². The summed E-state index contributed by atoms with van der Waals surface area (Å²) in [5.74, 6) is 3.65. The predicted molar refractivity (Wildman–Crippen MR) is 167 cm³/mol. The first-order valence-corrected chi connectivity index (χ1v) is 17.8. The topological polar surface area (TPSA) is 56.8 Å². The van der Waals surface area contributed by atoms with Gasteiger partial charge in [-0.05, 0) is 106 Å². The number of allylic oxidation sites excluding steroid dienone is 1. The van der Waals surface area contributed by atoms with Crippen LogP contribution < -0.4 is 5.32 Å². The number of ether oxygens (including phenoxy) is 3. The van der Waals surface area contributed by atoms with Gasteiger partial charge in [-0.25, -0.2) is 4.79 Å². The minimum atomic E-state index is -0.326. The Bertz CT molecular complexity index is 1020. The van der Waals surface area contributed by atoms with Crippen LogP contribution in [0.1, 0.15) is 106 Å². The second-order valence-electron chi connectivity index (χ2n) is 16.0. The normalized spacial score (nSPS) is 46.3. The van der Waals surface area contributed by atoms with E-state index < -0.39 is 0 Å². The number of alkyl carbamates (subject to hydrolysis) is 1. The van der Waals surface area contributed by atoms with Crippen LogP contribution in [0.15, 0.2) is 11.6 Å². The molecule has 0 aromatic carbocycles. The Hall–Kier alpha value is -1.11. The van der Waals surface area contributed by atoms with Crippen molar-refractivity contribution in [2.24, 2.45) is 46.3 Å². The molecule has 2 aliphatic heterocycles. The molecule has 4 aliphatic carbocycles. The van der Waals surface area contributed by atoms with Crippen LogP contribution in [0, 0.1) is 46.3 Å². The molecule has 0 unspecified atom stereocenters. The molecule has 238 valence electrons. The van der Waals surface area contributed by atoms with Crippen LogP contribution in [0.25, 0.3) is 0 Å². The van der Waals surface area contributed by atoms with Crippen LogP contribution in [0.4, 0.5) is 4.79 Å². The molecule has 42 heavy (non-hydrogen) atoms. The molecule has 6 nitrogen and oxygen atoms in total. The van der Waals surface area contributed by atoms with Crippen molar-refractivity contribution in [1.82, 2.24) is 5.32 Å². The fourth-order valence-electron chi connectivity index (χ4n) is 11.5. The van der Waals surface area contributed by atoms with E-state index in [-0.39, 0.29) is 23.4 Å². The van der Waals surface area contributed by atoms with Crippen LogP contribution in [0.3, 0.4) is 0 Å². The van der Waals surface area contributed by atoms with Crippen molar-refractivity contribution in [3.63, 3.8) is 0 Å². The van der Waals surface area contributed by atoms with E-state index in [1.807, 2.05) is 0 Å². The van der Waals surface area contributed by atoms with Gasteiger partial charge in [0.15, 0.2) is 5.79 Å². The van der Waals surface area contributed by atoms with E-state index in [9.17, 15) is 4.79 Å². The maximum absolute atomic E-state index is 12.8. The molecule has 6 rings (SSSR count). The molecule has 1 N–H and O–H groups in total. The lowest BCUT2D eigenvalue weighted by Gasteiger charge is -2.58. The number of carbonyl (C=O) groups excluding carboxylic acids is 1. The molecule has 11 atom stereocenters. The van der Waals surface area contributed by atoms with Crippen LogP contribution in [0.2, 0.25) is 0 Å². The summed E-state index contributed by atoms with van der Waals surface area (Å²) in [6, 6.07) is 0. The summed E-state index contributed by atoms with van der Waals surface area (Å²) in [6.45, 7) is 22.5. The number of likely N-dealkylation sites (N-methyl/N-ethyl adjacent to an activating group) is 1. The summed E-state index contributed by atoms with van der Waals surface area (Å²) in [6.07, 6.45) is 13.1. The summed E-state index contributed by atoms with van der Waals surface area (Å²) in [5, 5.41) is 3.07. The van der Waals surface area contributed by atoms with Gasteiger partial charge in [0.2, 0.25) is 0 Å². The van der Waals surface area contributed by atoms with E-state index in [0.717, 1.165) is 80.7 Å². The zero-order valence-corrected chi connectivity index (χ0v) is 27.9. The third-order valence-corrected chi connectivity index (χ3v) is 14.5. The highest BCUT2D eigenvalue weighted by Crippen LogP contribution is 2.70. The summed E-state index contributed by atoms with van der Waals surface area (Å²) in [7, 11) is 0. The Labute approximate surface area is 256 Å². The minimum Gasteiger partial charge on any atom is -0.446 e. The lowest BCUT2D eigenvalue weighted by atomic mass is 9.47. The zero-order chi connectivity index (χ0) is 29.9. The molecule has 6 heteroatoms. The summed E-state index contributed by atoms with van der Waals surface area (Å²) in [4.78, 5) is 12.8. The molecule has 0 radical (unpaired) electrons. The molecule has 5 fully saturated rings. The van der Waals surface area contributed by atoms with Gasteiger partial charge >= 0.3 is 6.09 Å². The molecule has 6 aliphatic rings. The molecule has 0 bridgehead atoms. The van der Waals surface area contributed by atoms with Gasteiger partial charge in [-0.2, -0.15) is 0 Å². The maximum Gasteiger partial charge on any atom is 0.407 e. The highest BCUT2D eigenvalue weighted by Gasteiger charge is 2.68. The first-order valence-electron chi connectivity index (χ1n) is 17.8. The Morgan fingerprint density at radius 1 is 1.05 bits per heavy atom. The quantitative estimate of drug-likeness (QED) is 0.251. The van der Waals surface area contributed by atoms with Crippen molar-refractivity contribution >= 4 is 6.09 Å². The number of hydrogen-bond donors (Lipinski definition) is 1. The van der Waals surface area contributed by atoms with Crippen molar-refractivity contribution < 1.29 is 23.5 Å². The fourth-order valence-corrected chi connectivity index (χ4v) is 11.5. The molecule has 0 aromatic rings. The number of carbonyl (C=O) groups is 1. The molecule has 2 saturated heterocycles. The van der Waals surface area contributed by atoms with Gasteiger partial charge in [0.05, 0.1) is 45.4 Å². The number of hydrogen-bond acceptors (Lipinski definition) is 4. The molecular formula is C36H61N2O4+. The smallest absolute Gasteiger partial charge is 0.407 e. The van der Waals surface area contributed by atoms with E-state index >= 15 is 0 Å². The van der Waals surface area contributed by atoms with Crippen molar-refractivity contribution in [2.75, 3.05) is 39.3 Å². The summed E-state index contributed by atoms with van der Waals surface area (Å²) in [5.41, 5.74) is 2.17. The first-order chi connectivity index (χ1) is 20.0. The number of fused-ring (bicyclic) bond motifs is 7. The van der Waals surface area contributed by atoms with Gasteiger partial charge in [-0.3, -0.25) is 0 Å². The number of nitrogens with one attached hydrogen (secondary N) is 1. The Morgan fingerprint density at radius 3 is 2.50 bits per heavy atom. The number of amides is 1. The molecular weight excluding hydrogens is 524 g/mol. The van der Waals surface area contributed by atoms with Crippen LogP contribution in [-0.4, -0.2) is 67.9 Å². The monoisotopic (exact) mass is 585 g/mol. The van der Waals surface area contributed by atoms with Crippen molar-refractivity contribution in [3.8, 4) is 0 Å². The van der Waals surface area contributed by atoms with E-state index in [1.165, 1.54) is 32.1 Å². The summed E-state index contributed by atoms with van der Waals surface area (Å²) < 4.78 is 20.5. The lowest BCUT2D eigenvalue weighted by Crippen LogP contribution is -2.53. The van der Waals surface area contributed by atoms with E-state index in [1.54, 1.807) is 5.57 Å². The van der Waals surface area contributed by atoms with E-state index in [0.29, 0.717) is 35.8 Å². The Morgan fingerprint density at radius 2 is 1.81 bits per heavy atom. The van der Waals surface area contributed by atoms with Gasteiger partial charge in [0.1, 0.15) is 6.10 Å². The Balaban J connectivity index is 1.08. The zero-order valence-electron chi connectivity index (χ0n) is 27.9. The average Bonchev–Trinajstić information content (AvgIpc) is 3.43. The molecule has 0 aromatic heterocycles. The molecule has 1 spiro atoms. The average molecular weight is 586 g/mol. The predicted octanol–water partition coefficient (Wildman–Crippen LogP) is 7.32. The van der Waals surface area contributed by atoms with Gasteiger partial charge in [0, 0.05) is 18.8 Å². The third-order valence-electron chi connectivity index (χ3n) is 14.5. The molecule has 3 saturated carbocycles. The SMILES string of the molecule is CC[N+](CC)(CC)CCNC(=O)O[C@H]1CC[C@@]2(C)C(=CC[C@H]3[C@@H]4C[C@@H]5O[C@@]6(CC[C@H](C)CO6)[C@@H](C)[C@@H]5[C@@]4(C)CC[C@@H]32)C1. The largest absolute Gasteiger partial charge is 0.446 e. The van der Waals surface area contributed by atoms with Crippen molar-refractivity contribution in [3.05, 3.63) is 11.6 Å². The first kappa shape index (κ1) is 30.9. The maximum atomic E-state index is 12.8. The number of nitrogens with zero attached hydrogens (tertiary/aromatic N) is 1. The van der Waals surface area contributed by atoms with E-state index in [2.05, 4.69) is 59.9 Å². The van der Waals surface area contributed by atoms with E-state index in [4.69, 9.17) is 14.2 Å². The van der Waals surface area contributed by atoms with Gasteiger partial charge in [-0.15, -0.1) is 0 Å². The number of rotatable bonds is 7. The highest BCUT2D eigenvalue weighted by atomic mass is 16.7. The number of quaternary nitrogens is 1. The van der Waals surface area contributed by atoms with Crippen molar-refractivity contribution in [2.45, 2.75) is 124 Å². The van der Waals surface area contributed by atoms with Crippen LogP contribution >= 0.6 is 0 Å². The Kier molecular flexibility index (Phi) is 8.35. The van der Waals surface area contributed by atoms with Crippen LogP contribution in [-0.2, 0) is 14.2 Å². The minimum absolute atomic E-state index is 0.00647. The third kappa shape index (κ3) is 4.89. The van der Waals surface area contributed by atoms with Crippen molar-refractivity contribution in [1.29, 1.82) is 0 Å². The molecule has 1 amide bonds. The molecule has 2 heterocycles. The summed E-state index contributed by atoms with van der Waals surface area (Å²) >= 11 is 0. The standard InChI is InChI=1S/C36H60N2O4/c1-8-38(9-2,10-3)20-19-37-33(39)41-27-14-16-34(6)26(21-27)11-12-28-29(34)15-17-35(7)30(28)22-31-32(35)25(5)36(42-31)18-13-24(4)23-40-36/h11,24-25,27-32H,8-10,12-23H2,1-7H3/p+1/t24-,25-,27-,28+,29-,30-,31-,32-,34-,35-,36-/m0/s1. The van der Waals surface area contributed by atoms with Crippen LogP contribution in [0.5, 0.6) is 0 Å².